The maximum Gasteiger partial charge on any atom is 0.416 e. The molecule has 0 saturated heterocycles. The summed E-state index contributed by atoms with van der Waals surface area (Å²) in [5, 5.41) is 0.158. The van der Waals surface area contributed by atoms with Gasteiger partial charge in [-0.15, -0.1) is 23.1 Å². The Balaban J connectivity index is 1.68. The van der Waals surface area contributed by atoms with Gasteiger partial charge in [0.05, 0.1) is 23.1 Å². The number of aryl methyl sites for hydroxylation is 2. The lowest BCUT2D eigenvalue weighted by molar-refractivity contribution is -0.145. The standard InChI is InChI=1S/C29H24ClF4NO3S2/c1-4-37-24(36)15-38-23-13-12-20(14-16(23)2)39-27(25-21(30)6-5-7-22(25)31)26-17(3)35-28(40-26)18-8-10-19(11-9-18)29(32,33)34/h5-14,27H,4,15H2,1-3H3. The number of esters is 1. The highest BCUT2D eigenvalue weighted by Crippen LogP contribution is 2.48. The number of hydrogen-bond donors (Lipinski definition) is 0. The van der Waals surface area contributed by atoms with E-state index in [9.17, 15) is 18.0 Å². The Kier molecular flexibility index (Phi) is 9.43. The fourth-order valence-electron chi connectivity index (χ4n) is 3.91. The molecule has 0 aliphatic rings. The molecule has 4 aromatic rings. The first-order valence-corrected chi connectivity index (χ1v) is 14.2. The number of thiazole rings is 1. The molecular formula is C29H24ClF4NO3S2. The van der Waals surface area contributed by atoms with Gasteiger partial charge < -0.3 is 9.47 Å². The molecule has 40 heavy (non-hydrogen) atoms. The van der Waals surface area contributed by atoms with Crippen LogP contribution < -0.4 is 4.74 Å². The van der Waals surface area contributed by atoms with Crippen molar-refractivity contribution < 1.29 is 31.8 Å². The largest absolute Gasteiger partial charge is 0.482 e. The van der Waals surface area contributed by atoms with Crippen LogP contribution in [0.2, 0.25) is 5.02 Å². The minimum absolute atomic E-state index is 0.221. The van der Waals surface area contributed by atoms with Crippen LogP contribution >= 0.6 is 34.7 Å². The van der Waals surface area contributed by atoms with E-state index in [1.807, 2.05) is 13.0 Å². The predicted octanol–water partition coefficient (Wildman–Crippen LogP) is 9.06. The van der Waals surface area contributed by atoms with Crippen LogP contribution in [0.15, 0.2) is 65.6 Å². The second kappa shape index (κ2) is 12.6. The number of alkyl halides is 3. The van der Waals surface area contributed by atoms with Crippen LogP contribution in [0.3, 0.4) is 0 Å². The first-order chi connectivity index (χ1) is 19.0. The molecule has 0 aliphatic carbocycles. The zero-order valence-corrected chi connectivity index (χ0v) is 24.0. The van der Waals surface area contributed by atoms with Gasteiger partial charge in [-0.1, -0.05) is 29.8 Å². The van der Waals surface area contributed by atoms with Crippen LogP contribution in [-0.4, -0.2) is 24.2 Å². The van der Waals surface area contributed by atoms with Gasteiger partial charge in [0, 0.05) is 25.9 Å². The first kappa shape index (κ1) is 29.9. The normalized spacial score (nSPS) is 12.3. The van der Waals surface area contributed by atoms with Crippen molar-refractivity contribution in [3.63, 3.8) is 0 Å². The highest BCUT2D eigenvalue weighted by Gasteiger charge is 2.31. The average molecular weight is 610 g/mol. The van der Waals surface area contributed by atoms with Gasteiger partial charge in [-0.3, -0.25) is 0 Å². The van der Waals surface area contributed by atoms with Gasteiger partial charge in [-0.05, 0) is 68.8 Å². The summed E-state index contributed by atoms with van der Waals surface area (Å²) in [7, 11) is 0. The third-order valence-electron chi connectivity index (χ3n) is 5.84. The quantitative estimate of drug-likeness (QED) is 0.108. The Bertz CT molecular complexity index is 1490. The SMILES string of the molecule is CCOC(=O)COc1ccc(SC(c2sc(-c3ccc(C(F)(F)F)cc3)nc2C)c2c(F)cccc2Cl)cc1C. The molecule has 0 spiro atoms. The second-order valence-electron chi connectivity index (χ2n) is 8.70. The van der Waals surface area contributed by atoms with Crippen LogP contribution in [0.5, 0.6) is 5.75 Å². The number of rotatable bonds is 9. The van der Waals surface area contributed by atoms with Crippen molar-refractivity contribution in [2.24, 2.45) is 0 Å². The Labute approximate surface area is 242 Å². The highest BCUT2D eigenvalue weighted by atomic mass is 35.5. The minimum Gasteiger partial charge on any atom is -0.482 e. The number of hydrogen-bond acceptors (Lipinski definition) is 6. The predicted molar refractivity (Wildman–Crippen MR) is 150 cm³/mol. The molecule has 210 valence electrons. The molecular weight excluding hydrogens is 586 g/mol. The maximum atomic E-state index is 15.2. The van der Waals surface area contributed by atoms with E-state index in [0.717, 1.165) is 22.6 Å². The summed E-state index contributed by atoms with van der Waals surface area (Å²) < 4.78 is 64.8. The van der Waals surface area contributed by atoms with Crippen LogP contribution in [0.25, 0.3) is 10.6 Å². The summed E-state index contributed by atoms with van der Waals surface area (Å²) in [5.41, 5.74) is 1.43. The topological polar surface area (TPSA) is 48.4 Å². The van der Waals surface area contributed by atoms with E-state index in [4.69, 9.17) is 21.1 Å². The number of carbonyl (C=O) groups excluding carboxylic acids is 1. The molecule has 1 unspecified atom stereocenters. The van der Waals surface area contributed by atoms with E-state index in [0.29, 0.717) is 26.9 Å². The lowest BCUT2D eigenvalue weighted by atomic mass is 10.1. The monoisotopic (exact) mass is 609 g/mol. The zero-order valence-electron chi connectivity index (χ0n) is 21.6. The second-order valence-corrected chi connectivity index (χ2v) is 11.3. The van der Waals surface area contributed by atoms with Gasteiger partial charge >= 0.3 is 12.1 Å². The number of benzene rings is 3. The summed E-state index contributed by atoms with van der Waals surface area (Å²) in [4.78, 5) is 17.8. The fourth-order valence-corrected chi connectivity index (χ4v) is 6.90. The summed E-state index contributed by atoms with van der Waals surface area (Å²) in [6.07, 6.45) is -4.44. The molecule has 0 N–H and O–H groups in total. The molecule has 0 bridgehead atoms. The van der Waals surface area contributed by atoms with Crippen LogP contribution in [0.4, 0.5) is 17.6 Å². The summed E-state index contributed by atoms with van der Waals surface area (Å²) in [6.45, 7) is 5.36. The Morgan fingerprint density at radius 1 is 1.10 bits per heavy atom. The Morgan fingerprint density at radius 3 is 2.45 bits per heavy atom. The number of halogens is 5. The lowest BCUT2D eigenvalue weighted by Crippen LogP contribution is -2.14. The third-order valence-corrected chi connectivity index (χ3v) is 8.83. The smallest absolute Gasteiger partial charge is 0.416 e. The molecule has 1 heterocycles. The fraction of sp³-hybridized carbons (Fsp3) is 0.241. The highest BCUT2D eigenvalue weighted by molar-refractivity contribution is 7.99. The number of thioether (sulfide) groups is 1. The van der Waals surface area contributed by atoms with Crippen molar-refractivity contribution in [1.29, 1.82) is 0 Å². The van der Waals surface area contributed by atoms with E-state index in [1.54, 1.807) is 32.0 Å². The zero-order chi connectivity index (χ0) is 29.0. The minimum atomic E-state index is -4.44. The van der Waals surface area contributed by atoms with Crippen LogP contribution in [0.1, 0.15) is 39.4 Å². The van der Waals surface area contributed by atoms with E-state index in [2.05, 4.69) is 4.98 Å². The molecule has 0 aliphatic heterocycles. The molecule has 0 radical (unpaired) electrons. The van der Waals surface area contributed by atoms with Crippen LogP contribution in [0, 0.1) is 19.7 Å². The number of aromatic nitrogens is 1. The van der Waals surface area contributed by atoms with E-state index >= 15 is 4.39 Å². The van der Waals surface area contributed by atoms with Crippen molar-refractivity contribution in [2.45, 2.75) is 37.1 Å². The molecule has 11 heteroatoms. The van der Waals surface area contributed by atoms with Crippen molar-refractivity contribution >= 4 is 40.7 Å². The lowest BCUT2D eigenvalue weighted by Gasteiger charge is -2.19. The summed E-state index contributed by atoms with van der Waals surface area (Å²) in [6, 6.07) is 14.6. The van der Waals surface area contributed by atoms with Gasteiger partial charge in [0.25, 0.3) is 0 Å². The number of carbonyl (C=O) groups is 1. The van der Waals surface area contributed by atoms with Crippen molar-refractivity contribution in [2.75, 3.05) is 13.2 Å². The number of nitrogens with zero attached hydrogens (tertiary/aromatic N) is 1. The Hall–Kier alpha value is -3.08. The molecule has 3 aromatic carbocycles. The molecule has 0 amide bonds. The third kappa shape index (κ3) is 6.97. The Morgan fingerprint density at radius 2 is 1.82 bits per heavy atom. The molecule has 1 aromatic heterocycles. The van der Waals surface area contributed by atoms with Crippen molar-refractivity contribution in [1.82, 2.24) is 4.98 Å². The van der Waals surface area contributed by atoms with E-state index in [1.165, 1.54) is 47.4 Å². The average Bonchev–Trinajstić information content (AvgIpc) is 3.28. The van der Waals surface area contributed by atoms with Gasteiger partial charge in [-0.25, -0.2) is 14.2 Å². The van der Waals surface area contributed by atoms with Crippen LogP contribution in [-0.2, 0) is 15.7 Å². The van der Waals surface area contributed by atoms with Crippen molar-refractivity contribution in [3.05, 3.63) is 98.8 Å². The molecule has 0 saturated carbocycles. The summed E-state index contributed by atoms with van der Waals surface area (Å²) in [5.74, 6) is -0.449. The molecule has 4 rings (SSSR count). The maximum absolute atomic E-state index is 15.2. The van der Waals surface area contributed by atoms with E-state index < -0.39 is 28.8 Å². The van der Waals surface area contributed by atoms with E-state index in [-0.39, 0.29) is 23.8 Å². The molecule has 1 atom stereocenters. The van der Waals surface area contributed by atoms with Crippen molar-refractivity contribution in [3.8, 4) is 16.3 Å². The number of ether oxygens (including phenoxy) is 2. The molecule has 4 nitrogen and oxygen atoms in total. The van der Waals surface area contributed by atoms with Gasteiger partial charge in [-0.2, -0.15) is 13.2 Å². The summed E-state index contributed by atoms with van der Waals surface area (Å²) >= 11 is 9.12. The molecule has 0 fully saturated rings. The van der Waals surface area contributed by atoms with Gasteiger partial charge in [0.15, 0.2) is 6.61 Å². The van der Waals surface area contributed by atoms with Gasteiger partial charge in [0.2, 0.25) is 0 Å². The van der Waals surface area contributed by atoms with Gasteiger partial charge in [0.1, 0.15) is 16.6 Å². The first-order valence-electron chi connectivity index (χ1n) is 12.1.